The Morgan fingerprint density at radius 2 is 2.13 bits per heavy atom. The number of rotatable bonds is 3. The average Bonchev–Trinajstić information content (AvgIpc) is 3.07. The van der Waals surface area contributed by atoms with Crippen molar-refractivity contribution in [1.29, 1.82) is 5.26 Å². The van der Waals surface area contributed by atoms with Crippen molar-refractivity contribution in [3.8, 4) is 6.07 Å². The molecule has 0 atom stereocenters. The highest BCUT2D eigenvalue weighted by Crippen LogP contribution is 2.32. The van der Waals surface area contributed by atoms with Crippen LogP contribution in [0.1, 0.15) is 25.7 Å². The maximum Gasteiger partial charge on any atom is 0.351 e. The first-order valence-electron chi connectivity index (χ1n) is 7.61. The number of fused-ring (bicyclic) bond motifs is 1. The summed E-state index contributed by atoms with van der Waals surface area (Å²) in [6.45, 7) is 0.350. The molecule has 6 heteroatoms. The second-order valence-corrected chi connectivity index (χ2v) is 6.01. The monoisotopic (exact) mass is 329 g/mol. The zero-order chi connectivity index (χ0) is 16.2. The van der Waals surface area contributed by atoms with Gasteiger partial charge in [-0.05, 0) is 30.9 Å². The number of nitrogens with zero attached hydrogens (tertiary/aromatic N) is 2. The zero-order valence-electron chi connectivity index (χ0n) is 12.5. The van der Waals surface area contributed by atoms with Gasteiger partial charge in [-0.1, -0.05) is 36.6 Å². The third-order valence-electron chi connectivity index (χ3n) is 4.08. The number of carbonyl (C=O) groups is 1. The van der Waals surface area contributed by atoms with Crippen LogP contribution >= 0.6 is 11.6 Å². The second-order valence-electron chi connectivity index (χ2n) is 5.66. The lowest BCUT2D eigenvalue weighted by molar-refractivity contribution is -0.139. The lowest BCUT2D eigenvalue weighted by atomic mass is 10.1. The molecular formula is C17H16ClN3O2. The molecule has 5 nitrogen and oxygen atoms in total. The van der Waals surface area contributed by atoms with Crippen molar-refractivity contribution in [2.75, 3.05) is 11.9 Å². The number of nitriles is 1. The van der Waals surface area contributed by atoms with Crippen LogP contribution in [0.3, 0.4) is 0 Å². The Balaban J connectivity index is 1.80. The van der Waals surface area contributed by atoms with E-state index >= 15 is 0 Å². The van der Waals surface area contributed by atoms with E-state index in [9.17, 15) is 10.1 Å². The van der Waals surface area contributed by atoms with Crippen LogP contribution in [0.4, 0.5) is 11.4 Å². The fourth-order valence-corrected chi connectivity index (χ4v) is 3.07. The van der Waals surface area contributed by atoms with Crippen LogP contribution in [-0.4, -0.2) is 17.7 Å². The van der Waals surface area contributed by atoms with E-state index in [0.29, 0.717) is 23.9 Å². The summed E-state index contributed by atoms with van der Waals surface area (Å²) in [6.07, 6.45) is 4.48. The van der Waals surface area contributed by atoms with Crippen molar-refractivity contribution >= 4 is 34.1 Å². The molecule has 1 N–H and O–H groups in total. The number of hydrogen-bond acceptors (Lipinski definition) is 5. The number of halogens is 1. The molecule has 1 aliphatic carbocycles. The number of carbonyl (C=O) groups excluding carboxylic acids is 1. The van der Waals surface area contributed by atoms with E-state index in [4.69, 9.17) is 16.3 Å². The Labute approximate surface area is 139 Å². The Morgan fingerprint density at radius 1 is 1.39 bits per heavy atom. The Kier molecular flexibility index (Phi) is 4.63. The molecule has 118 valence electrons. The molecule has 23 heavy (non-hydrogen) atoms. The number of hydrogen-bond donors (Lipinski definition) is 1. The van der Waals surface area contributed by atoms with Crippen LogP contribution in [0.15, 0.2) is 40.5 Å². The first kappa shape index (κ1) is 15.6. The van der Waals surface area contributed by atoms with Gasteiger partial charge >= 0.3 is 5.97 Å². The van der Waals surface area contributed by atoms with Gasteiger partial charge in [0.1, 0.15) is 11.8 Å². The van der Waals surface area contributed by atoms with Gasteiger partial charge in [-0.25, -0.2) is 9.79 Å². The third-order valence-corrected chi connectivity index (χ3v) is 4.35. The molecule has 0 bridgehead atoms. The molecule has 0 saturated heterocycles. The van der Waals surface area contributed by atoms with E-state index in [1.807, 2.05) is 18.2 Å². The van der Waals surface area contributed by atoms with Crippen molar-refractivity contribution in [1.82, 2.24) is 0 Å². The van der Waals surface area contributed by atoms with Gasteiger partial charge in [0.15, 0.2) is 10.7 Å². The van der Waals surface area contributed by atoms with E-state index in [1.165, 1.54) is 12.8 Å². The number of anilines is 1. The molecule has 0 aromatic heterocycles. The lowest BCUT2D eigenvalue weighted by Crippen LogP contribution is -2.20. The van der Waals surface area contributed by atoms with Crippen molar-refractivity contribution in [3.63, 3.8) is 0 Å². The van der Waals surface area contributed by atoms with E-state index in [1.54, 1.807) is 12.1 Å². The SMILES string of the molecule is N#C/C(C(=O)OCC1CCCC1)=C1\Nc2ccccc2N=C1Cl. The zero-order valence-corrected chi connectivity index (χ0v) is 13.3. The predicted molar refractivity (Wildman–Crippen MR) is 88.6 cm³/mol. The predicted octanol–water partition coefficient (Wildman–Crippen LogP) is 3.89. The van der Waals surface area contributed by atoms with E-state index in [0.717, 1.165) is 12.8 Å². The molecule has 1 heterocycles. The molecule has 0 amide bonds. The minimum absolute atomic E-state index is 0.0815. The maximum absolute atomic E-state index is 12.2. The van der Waals surface area contributed by atoms with Gasteiger partial charge in [-0.15, -0.1) is 0 Å². The number of allylic oxidation sites excluding steroid dienone is 1. The second kappa shape index (κ2) is 6.84. The first-order valence-corrected chi connectivity index (χ1v) is 7.99. The molecule has 0 spiro atoms. The van der Waals surface area contributed by atoms with Gasteiger partial charge in [0.05, 0.1) is 18.0 Å². The van der Waals surface area contributed by atoms with Crippen LogP contribution in [0.5, 0.6) is 0 Å². The van der Waals surface area contributed by atoms with E-state index in [-0.39, 0.29) is 16.4 Å². The number of esters is 1. The molecule has 0 unspecified atom stereocenters. The number of ether oxygens (including phenoxy) is 1. The molecule has 1 fully saturated rings. The van der Waals surface area contributed by atoms with Crippen LogP contribution < -0.4 is 5.32 Å². The number of benzene rings is 1. The average molecular weight is 330 g/mol. The largest absolute Gasteiger partial charge is 0.461 e. The van der Waals surface area contributed by atoms with E-state index in [2.05, 4.69) is 10.3 Å². The smallest absolute Gasteiger partial charge is 0.351 e. The number of para-hydroxylation sites is 2. The molecular weight excluding hydrogens is 314 g/mol. The molecule has 1 aliphatic heterocycles. The van der Waals surface area contributed by atoms with Gasteiger partial charge in [-0.2, -0.15) is 5.26 Å². The Hall–Kier alpha value is -2.32. The van der Waals surface area contributed by atoms with Gasteiger partial charge in [0.25, 0.3) is 0 Å². The lowest BCUT2D eigenvalue weighted by Gasteiger charge is -2.18. The van der Waals surface area contributed by atoms with Crippen molar-refractivity contribution in [2.24, 2.45) is 10.9 Å². The van der Waals surface area contributed by atoms with Gasteiger partial charge < -0.3 is 10.1 Å². The summed E-state index contributed by atoms with van der Waals surface area (Å²) in [7, 11) is 0. The summed E-state index contributed by atoms with van der Waals surface area (Å²) in [4.78, 5) is 16.5. The standard InChI is InChI=1S/C17H16ClN3O2/c18-16-15(20-13-7-3-4-8-14(13)21-16)12(9-19)17(22)23-10-11-5-1-2-6-11/h3-4,7-8,11,20H,1-2,5-6,10H2/b15-12+. The maximum atomic E-state index is 12.2. The fourth-order valence-electron chi connectivity index (χ4n) is 2.84. The normalized spacial score (nSPS) is 19.2. The highest BCUT2D eigenvalue weighted by Gasteiger charge is 2.25. The summed E-state index contributed by atoms with van der Waals surface area (Å²) in [5.74, 6) is -0.261. The van der Waals surface area contributed by atoms with Crippen LogP contribution in [-0.2, 0) is 9.53 Å². The first-order chi connectivity index (χ1) is 11.2. The molecule has 1 aromatic rings. The molecule has 1 aromatic carbocycles. The summed E-state index contributed by atoms with van der Waals surface area (Å²) in [6, 6.07) is 9.16. The summed E-state index contributed by atoms with van der Waals surface area (Å²) in [5, 5.41) is 12.4. The minimum atomic E-state index is -0.658. The summed E-state index contributed by atoms with van der Waals surface area (Å²) < 4.78 is 5.30. The van der Waals surface area contributed by atoms with Crippen molar-refractivity contribution in [3.05, 3.63) is 35.5 Å². The van der Waals surface area contributed by atoms with Crippen LogP contribution in [0.25, 0.3) is 0 Å². The van der Waals surface area contributed by atoms with Crippen LogP contribution in [0.2, 0.25) is 0 Å². The molecule has 2 aliphatic rings. The topological polar surface area (TPSA) is 74.5 Å². The number of nitrogens with one attached hydrogen (secondary N) is 1. The Bertz CT molecular complexity index is 728. The molecule has 3 rings (SSSR count). The third kappa shape index (κ3) is 3.38. The fraction of sp³-hybridized carbons (Fsp3) is 0.353. The van der Waals surface area contributed by atoms with Gasteiger partial charge in [0, 0.05) is 0 Å². The Morgan fingerprint density at radius 3 is 2.87 bits per heavy atom. The van der Waals surface area contributed by atoms with Crippen LogP contribution in [0, 0.1) is 17.2 Å². The molecule has 1 saturated carbocycles. The van der Waals surface area contributed by atoms with Crippen molar-refractivity contribution < 1.29 is 9.53 Å². The highest BCUT2D eigenvalue weighted by atomic mass is 35.5. The summed E-state index contributed by atoms with van der Waals surface area (Å²) in [5.41, 5.74) is 1.41. The quantitative estimate of drug-likeness (QED) is 0.518. The van der Waals surface area contributed by atoms with Crippen molar-refractivity contribution in [2.45, 2.75) is 25.7 Å². The van der Waals surface area contributed by atoms with Gasteiger partial charge in [-0.3, -0.25) is 0 Å². The van der Waals surface area contributed by atoms with Gasteiger partial charge in [0.2, 0.25) is 0 Å². The highest BCUT2D eigenvalue weighted by molar-refractivity contribution is 6.70. The minimum Gasteiger partial charge on any atom is -0.461 e. The summed E-state index contributed by atoms with van der Waals surface area (Å²) >= 11 is 6.13. The van der Waals surface area contributed by atoms with E-state index < -0.39 is 5.97 Å². The molecule has 0 radical (unpaired) electrons. The number of aliphatic imine (C=N–C) groups is 1.